The summed E-state index contributed by atoms with van der Waals surface area (Å²) in [5.41, 5.74) is 2.18. The van der Waals surface area contributed by atoms with Crippen molar-refractivity contribution in [3.8, 4) is 0 Å². The van der Waals surface area contributed by atoms with Crippen LogP contribution in [0.3, 0.4) is 0 Å². The highest BCUT2D eigenvalue weighted by atomic mass is 16.3. The molecule has 4 rings (SSSR count). The number of aromatic amines is 1. The standard InChI is InChI=1S/C17H15N3O3/c1-10-18-12-6-7-20(9-13(12)19-10)17(22)16-8-14(21)11-4-2-3-5-15(11)23-16/h2-5,8H,6-7,9H2,1H3,(H,18,19). The van der Waals surface area contributed by atoms with Gasteiger partial charge in [0.15, 0.2) is 11.2 Å². The Bertz CT molecular complexity index is 971. The number of amides is 1. The van der Waals surface area contributed by atoms with Crippen LogP contribution in [-0.4, -0.2) is 27.3 Å². The molecule has 3 heterocycles. The van der Waals surface area contributed by atoms with Crippen molar-refractivity contribution in [1.82, 2.24) is 14.9 Å². The van der Waals surface area contributed by atoms with Crippen molar-refractivity contribution in [3.05, 3.63) is 63.5 Å². The number of para-hydroxylation sites is 1. The summed E-state index contributed by atoms with van der Waals surface area (Å²) >= 11 is 0. The third-order valence-corrected chi connectivity index (χ3v) is 4.08. The average Bonchev–Trinajstić information content (AvgIpc) is 2.93. The van der Waals surface area contributed by atoms with E-state index in [2.05, 4.69) is 9.97 Å². The molecule has 23 heavy (non-hydrogen) atoms. The fourth-order valence-electron chi connectivity index (χ4n) is 2.98. The van der Waals surface area contributed by atoms with Gasteiger partial charge < -0.3 is 14.3 Å². The number of nitrogens with zero attached hydrogens (tertiary/aromatic N) is 2. The molecule has 116 valence electrons. The first-order valence-corrected chi connectivity index (χ1v) is 7.48. The molecule has 1 aliphatic heterocycles. The van der Waals surface area contributed by atoms with Crippen LogP contribution in [0.4, 0.5) is 0 Å². The number of carbonyl (C=O) groups is 1. The Hall–Kier alpha value is -2.89. The van der Waals surface area contributed by atoms with Gasteiger partial charge in [0.25, 0.3) is 5.91 Å². The molecule has 0 aliphatic carbocycles. The summed E-state index contributed by atoms with van der Waals surface area (Å²) in [6.07, 6.45) is 0.698. The summed E-state index contributed by atoms with van der Waals surface area (Å²) in [4.78, 5) is 34.1. The van der Waals surface area contributed by atoms with Gasteiger partial charge in [-0.25, -0.2) is 4.98 Å². The van der Waals surface area contributed by atoms with Gasteiger partial charge in [0.2, 0.25) is 0 Å². The van der Waals surface area contributed by atoms with Gasteiger partial charge in [-0.1, -0.05) is 12.1 Å². The topological polar surface area (TPSA) is 79.2 Å². The maximum absolute atomic E-state index is 12.7. The van der Waals surface area contributed by atoms with Crippen molar-refractivity contribution >= 4 is 16.9 Å². The number of fused-ring (bicyclic) bond motifs is 2. The third-order valence-electron chi connectivity index (χ3n) is 4.08. The van der Waals surface area contributed by atoms with Gasteiger partial charge in [0, 0.05) is 19.0 Å². The van der Waals surface area contributed by atoms with E-state index in [0.717, 1.165) is 17.2 Å². The molecule has 6 nitrogen and oxygen atoms in total. The smallest absolute Gasteiger partial charge is 0.290 e. The molecule has 0 saturated carbocycles. The van der Waals surface area contributed by atoms with Gasteiger partial charge in [-0.15, -0.1) is 0 Å². The van der Waals surface area contributed by atoms with Gasteiger partial charge in [-0.2, -0.15) is 0 Å². The van der Waals surface area contributed by atoms with E-state index in [-0.39, 0.29) is 17.1 Å². The third kappa shape index (κ3) is 2.32. The van der Waals surface area contributed by atoms with Crippen LogP contribution in [-0.2, 0) is 13.0 Å². The minimum absolute atomic E-state index is 0.0772. The highest BCUT2D eigenvalue weighted by Crippen LogP contribution is 2.19. The molecule has 0 unspecified atom stereocenters. The van der Waals surface area contributed by atoms with E-state index in [4.69, 9.17) is 4.42 Å². The van der Waals surface area contributed by atoms with Gasteiger partial charge >= 0.3 is 0 Å². The summed E-state index contributed by atoms with van der Waals surface area (Å²) < 4.78 is 5.63. The quantitative estimate of drug-likeness (QED) is 0.746. The number of H-pyrrole nitrogens is 1. The first kappa shape index (κ1) is 13.8. The predicted molar refractivity (Wildman–Crippen MR) is 84.3 cm³/mol. The largest absolute Gasteiger partial charge is 0.451 e. The minimum atomic E-state index is -0.272. The van der Waals surface area contributed by atoms with Crippen molar-refractivity contribution in [3.63, 3.8) is 0 Å². The molecule has 1 amide bonds. The summed E-state index contributed by atoms with van der Waals surface area (Å²) in [6.45, 7) is 2.91. The lowest BCUT2D eigenvalue weighted by Crippen LogP contribution is -2.36. The molecule has 2 aromatic heterocycles. The van der Waals surface area contributed by atoms with Crippen LogP contribution in [0.25, 0.3) is 11.0 Å². The number of carbonyl (C=O) groups excluding carboxylic acids is 1. The molecule has 1 aromatic carbocycles. The Morgan fingerprint density at radius 3 is 3.04 bits per heavy atom. The fraction of sp³-hybridized carbons (Fsp3) is 0.235. The summed E-state index contributed by atoms with van der Waals surface area (Å²) in [6, 6.07) is 8.21. The molecule has 0 spiro atoms. The second-order valence-electron chi connectivity index (χ2n) is 5.70. The van der Waals surface area contributed by atoms with Crippen molar-refractivity contribution in [2.75, 3.05) is 6.54 Å². The summed E-state index contributed by atoms with van der Waals surface area (Å²) in [5.74, 6) is 0.653. The Kier molecular flexibility index (Phi) is 3.04. The highest BCUT2D eigenvalue weighted by Gasteiger charge is 2.26. The second-order valence-corrected chi connectivity index (χ2v) is 5.70. The van der Waals surface area contributed by atoms with Crippen LogP contribution >= 0.6 is 0 Å². The normalized spacial score (nSPS) is 14.0. The number of rotatable bonds is 1. The molecule has 0 radical (unpaired) electrons. The van der Waals surface area contributed by atoms with Crippen molar-refractivity contribution in [1.29, 1.82) is 0 Å². The number of nitrogens with one attached hydrogen (secondary N) is 1. The second kappa shape index (κ2) is 5.08. The lowest BCUT2D eigenvalue weighted by atomic mass is 10.1. The molecule has 1 aliphatic rings. The molecular weight excluding hydrogens is 294 g/mol. The van der Waals surface area contributed by atoms with E-state index in [1.807, 2.05) is 6.92 Å². The van der Waals surface area contributed by atoms with Gasteiger partial charge in [0.05, 0.1) is 23.3 Å². The predicted octanol–water partition coefficient (Wildman–Crippen LogP) is 2.02. The fourth-order valence-corrected chi connectivity index (χ4v) is 2.98. The van der Waals surface area contributed by atoms with Crippen LogP contribution in [0.15, 0.2) is 39.5 Å². The molecule has 0 bridgehead atoms. The zero-order valence-corrected chi connectivity index (χ0v) is 12.6. The van der Waals surface area contributed by atoms with Crippen LogP contribution in [0.5, 0.6) is 0 Å². The molecule has 1 N–H and O–H groups in total. The average molecular weight is 309 g/mol. The number of aryl methyl sites for hydroxylation is 1. The van der Waals surface area contributed by atoms with Gasteiger partial charge in [-0.05, 0) is 19.1 Å². The molecule has 3 aromatic rings. The first-order chi connectivity index (χ1) is 11.1. The zero-order valence-electron chi connectivity index (χ0n) is 12.6. The summed E-state index contributed by atoms with van der Waals surface area (Å²) in [7, 11) is 0. The Morgan fingerprint density at radius 2 is 2.17 bits per heavy atom. The van der Waals surface area contributed by atoms with Crippen LogP contribution in [0.2, 0.25) is 0 Å². The van der Waals surface area contributed by atoms with Crippen molar-refractivity contribution in [2.24, 2.45) is 0 Å². The molecule has 0 atom stereocenters. The highest BCUT2D eigenvalue weighted by molar-refractivity contribution is 5.93. The van der Waals surface area contributed by atoms with E-state index in [0.29, 0.717) is 30.5 Å². The number of aromatic nitrogens is 2. The molecule has 0 saturated heterocycles. The Labute approximate surface area is 131 Å². The first-order valence-electron chi connectivity index (χ1n) is 7.48. The Morgan fingerprint density at radius 1 is 1.35 bits per heavy atom. The number of imidazole rings is 1. The van der Waals surface area contributed by atoms with E-state index in [1.165, 1.54) is 6.07 Å². The lowest BCUT2D eigenvalue weighted by Gasteiger charge is -2.25. The van der Waals surface area contributed by atoms with Crippen molar-refractivity contribution < 1.29 is 9.21 Å². The van der Waals surface area contributed by atoms with Crippen molar-refractivity contribution in [2.45, 2.75) is 19.9 Å². The molecule has 0 fully saturated rings. The molecule has 6 heteroatoms. The van der Waals surface area contributed by atoms with E-state index >= 15 is 0 Å². The number of hydrogen-bond donors (Lipinski definition) is 1. The Balaban J connectivity index is 1.69. The summed E-state index contributed by atoms with van der Waals surface area (Å²) in [5, 5.41) is 0.481. The SMILES string of the molecule is Cc1nc2c([nH]1)CN(C(=O)c1cc(=O)c3ccccc3o1)CC2. The molecular formula is C17H15N3O3. The van der Waals surface area contributed by atoms with Crippen LogP contribution in [0.1, 0.15) is 27.8 Å². The maximum Gasteiger partial charge on any atom is 0.290 e. The monoisotopic (exact) mass is 309 g/mol. The number of hydrogen-bond acceptors (Lipinski definition) is 4. The van der Waals surface area contributed by atoms with Crippen LogP contribution in [0, 0.1) is 6.92 Å². The van der Waals surface area contributed by atoms with E-state index in [9.17, 15) is 9.59 Å². The lowest BCUT2D eigenvalue weighted by molar-refractivity contribution is 0.0700. The van der Waals surface area contributed by atoms with Gasteiger partial charge in [-0.3, -0.25) is 9.59 Å². The zero-order chi connectivity index (χ0) is 16.0. The van der Waals surface area contributed by atoms with E-state index in [1.54, 1.807) is 29.2 Å². The number of benzene rings is 1. The van der Waals surface area contributed by atoms with E-state index < -0.39 is 0 Å². The van der Waals surface area contributed by atoms with Crippen LogP contribution < -0.4 is 5.43 Å². The minimum Gasteiger partial charge on any atom is -0.451 e. The maximum atomic E-state index is 12.7. The van der Waals surface area contributed by atoms with Gasteiger partial charge in [0.1, 0.15) is 11.4 Å².